The summed E-state index contributed by atoms with van der Waals surface area (Å²) in [6, 6.07) is 10.8. The third-order valence-electron chi connectivity index (χ3n) is 2.47. The van der Waals surface area contributed by atoms with Gasteiger partial charge in [0.15, 0.2) is 6.29 Å². The number of halogens is 4. The molecule has 0 aromatic heterocycles. The van der Waals surface area contributed by atoms with Crippen molar-refractivity contribution in [2.45, 2.75) is 6.54 Å². The molecule has 0 unspecified atom stereocenters. The molecule has 1 N–H and O–H groups in total. The third kappa shape index (κ3) is 6.49. The molecule has 2 rings (SSSR count). The van der Waals surface area contributed by atoms with Crippen molar-refractivity contribution in [3.63, 3.8) is 0 Å². The zero-order valence-corrected chi connectivity index (χ0v) is 15.9. The van der Waals surface area contributed by atoms with Gasteiger partial charge in [0.25, 0.3) is 0 Å². The average molecular weight is 454 g/mol. The molecular formula is C15H13Br2Cl2NO. The van der Waals surface area contributed by atoms with Gasteiger partial charge in [-0.1, -0.05) is 61.1 Å². The molecule has 0 amide bonds. The molecule has 21 heavy (non-hydrogen) atoms. The highest BCUT2D eigenvalue weighted by molar-refractivity contribution is 9.10. The van der Waals surface area contributed by atoms with E-state index in [1.165, 1.54) is 5.56 Å². The average Bonchev–Trinajstić information content (AvgIpc) is 2.43. The molecule has 2 nitrogen and oxygen atoms in total. The first-order valence-electron chi connectivity index (χ1n) is 5.96. The first kappa shape index (κ1) is 18.7. The number of hydrogen-bond donors (Lipinski definition) is 1. The monoisotopic (exact) mass is 451 g/mol. The Bertz CT molecular complexity index is 621. The van der Waals surface area contributed by atoms with Crippen LogP contribution in [0.15, 0.2) is 45.3 Å². The van der Waals surface area contributed by atoms with Gasteiger partial charge in [-0.05, 0) is 42.9 Å². The second-order valence-corrected chi connectivity index (χ2v) is 6.63. The van der Waals surface area contributed by atoms with Crippen molar-refractivity contribution < 1.29 is 4.79 Å². The van der Waals surface area contributed by atoms with Crippen LogP contribution in [0.4, 0.5) is 0 Å². The van der Waals surface area contributed by atoms with Gasteiger partial charge in [-0.3, -0.25) is 4.79 Å². The lowest BCUT2D eigenvalue weighted by molar-refractivity contribution is 0.112. The van der Waals surface area contributed by atoms with Gasteiger partial charge in [-0.25, -0.2) is 0 Å². The van der Waals surface area contributed by atoms with Crippen LogP contribution in [-0.2, 0) is 6.54 Å². The summed E-state index contributed by atoms with van der Waals surface area (Å²) in [6.45, 7) is 0.859. The van der Waals surface area contributed by atoms with E-state index in [2.05, 4.69) is 37.2 Å². The summed E-state index contributed by atoms with van der Waals surface area (Å²) in [5.74, 6) is 0. The lowest BCUT2D eigenvalue weighted by Gasteiger charge is -2.02. The molecule has 0 aliphatic heterocycles. The highest BCUT2D eigenvalue weighted by Gasteiger charge is 1.98. The predicted octanol–water partition coefficient (Wildman–Crippen LogP) is 5.74. The minimum Gasteiger partial charge on any atom is -0.316 e. The molecule has 2 aromatic rings. The van der Waals surface area contributed by atoms with Crippen molar-refractivity contribution in [3.05, 3.63) is 66.5 Å². The van der Waals surface area contributed by atoms with E-state index in [-0.39, 0.29) is 0 Å². The summed E-state index contributed by atoms with van der Waals surface area (Å²) in [5.41, 5.74) is 1.83. The maximum absolute atomic E-state index is 10.3. The van der Waals surface area contributed by atoms with Crippen molar-refractivity contribution in [1.29, 1.82) is 0 Å². The molecule has 0 aliphatic rings. The molecule has 0 aliphatic carbocycles. The lowest BCUT2D eigenvalue weighted by Crippen LogP contribution is -2.05. The van der Waals surface area contributed by atoms with E-state index in [1.54, 1.807) is 18.2 Å². The van der Waals surface area contributed by atoms with Crippen LogP contribution in [0.2, 0.25) is 10.0 Å². The van der Waals surface area contributed by atoms with Crippen LogP contribution < -0.4 is 5.32 Å². The SMILES string of the molecule is CNCc1ccc(Cl)cc1Br.O=Cc1ccc(Cl)cc1Br. The largest absolute Gasteiger partial charge is 0.316 e. The molecule has 0 spiro atoms. The first-order chi connectivity index (χ1) is 9.97. The number of benzene rings is 2. The Morgan fingerprint density at radius 3 is 2.10 bits per heavy atom. The lowest BCUT2D eigenvalue weighted by atomic mass is 10.2. The molecule has 0 fully saturated rings. The summed E-state index contributed by atoms with van der Waals surface area (Å²) in [5, 5.41) is 4.45. The molecule has 2 aromatic carbocycles. The standard InChI is InChI=1S/C8H9BrClN.C7H4BrClO/c1-11-5-6-2-3-7(10)4-8(6)9;8-7-3-6(9)2-1-5(7)4-10/h2-4,11H,5H2,1H3;1-4H. The summed E-state index contributed by atoms with van der Waals surface area (Å²) < 4.78 is 1.79. The maximum Gasteiger partial charge on any atom is 0.151 e. The number of carbonyl (C=O) groups is 1. The Morgan fingerprint density at radius 1 is 1.05 bits per heavy atom. The van der Waals surface area contributed by atoms with Crippen LogP contribution >= 0.6 is 55.1 Å². The molecular weight excluding hydrogens is 441 g/mol. The molecule has 0 bridgehead atoms. The van der Waals surface area contributed by atoms with Gasteiger partial charge in [0.2, 0.25) is 0 Å². The van der Waals surface area contributed by atoms with Gasteiger partial charge in [-0.15, -0.1) is 0 Å². The molecule has 112 valence electrons. The smallest absolute Gasteiger partial charge is 0.151 e. The van der Waals surface area contributed by atoms with E-state index >= 15 is 0 Å². The van der Waals surface area contributed by atoms with Crippen LogP contribution in [-0.4, -0.2) is 13.3 Å². The summed E-state index contributed by atoms with van der Waals surface area (Å²) >= 11 is 18.0. The van der Waals surface area contributed by atoms with Crippen molar-refractivity contribution in [1.82, 2.24) is 5.32 Å². The topological polar surface area (TPSA) is 29.1 Å². The van der Waals surface area contributed by atoms with E-state index < -0.39 is 0 Å². The molecule has 0 heterocycles. The molecule has 6 heteroatoms. The molecule has 0 saturated carbocycles. The summed E-state index contributed by atoms with van der Waals surface area (Å²) in [6.07, 6.45) is 0.778. The van der Waals surface area contributed by atoms with E-state index in [1.807, 2.05) is 25.2 Å². The van der Waals surface area contributed by atoms with Crippen LogP contribution in [0.5, 0.6) is 0 Å². The van der Waals surface area contributed by atoms with Crippen LogP contribution in [0.25, 0.3) is 0 Å². The highest BCUT2D eigenvalue weighted by atomic mass is 79.9. The number of hydrogen-bond acceptors (Lipinski definition) is 2. The molecule has 0 radical (unpaired) electrons. The fraction of sp³-hybridized carbons (Fsp3) is 0.133. The number of nitrogens with one attached hydrogen (secondary N) is 1. The van der Waals surface area contributed by atoms with Crippen molar-refractivity contribution in [3.8, 4) is 0 Å². The van der Waals surface area contributed by atoms with Crippen LogP contribution in [0.1, 0.15) is 15.9 Å². The van der Waals surface area contributed by atoms with Gasteiger partial charge >= 0.3 is 0 Å². The second-order valence-electron chi connectivity index (χ2n) is 4.05. The van der Waals surface area contributed by atoms with Gasteiger partial charge in [0.1, 0.15) is 0 Å². The van der Waals surface area contributed by atoms with Crippen molar-refractivity contribution >= 4 is 61.3 Å². The van der Waals surface area contributed by atoms with Crippen LogP contribution in [0.3, 0.4) is 0 Å². The van der Waals surface area contributed by atoms with Gasteiger partial charge in [-0.2, -0.15) is 0 Å². The van der Waals surface area contributed by atoms with Crippen LogP contribution in [0, 0.1) is 0 Å². The quantitative estimate of drug-likeness (QED) is 0.600. The van der Waals surface area contributed by atoms with Crippen molar-refractivity contribution in [2.75, 3.05) is 7.05 Å². The number of aldehydes is 1. The predicted molar refractivity (Wildman–Crippen MR) is 96.5 cm³/mol. The fourth-order valence-corrected chi connectivity index (χ4v) is 3.05. The second kappa shape index (κ2) is 9.59. The third-order valence-corrected chi connectivity index (χ3v) is 4.37. The first-order valence-corrected chi connectivity index (χ1v) is 8.31. The summed E-state index contributed by atoms with van der Waals surface area (Å²) in [4.78, 5) is 10.3. The van der Waals surface area contributed by atoms with Gasteiger partial charge in [0, 0.05) is 31.1 Å². The minimum absolute atomic E-state index is 0.615. The number of rotatable bonds is 3. The Kier molecular flexibility index (Phi) is 8.52. The van der Waals surface area contributed by atoms with Gasteiger partial charge in [0.05, 0.1) is 0 Å². The molecule has 0 saturated heterocycles. The van der Waals surface area contributed by atoms with Gasteiger partial charge < -0.3 is 5.32 Å². The van der Waals surface area contributed by atoms with E-state index in [0.717, 1.165) is 26.8 Å². The Hall–Kier alpha value is -0.390. The zero-order chi connectivity index (χ0) is 15.8. The van der Waals surface area contributed by atoms with E-state index in [4.69, 9.17) is 23.2 Å². The minimum atomic E-state index is 0.615. The van der Waals surface area contributed by atoms with E-state index in [0.29, 0.717) is 10.6 Å². The molecule has 0 atom stereocenters. The zero-order valence-electron chi connectivity index (χ0n) is 11.2. The van der Waals surface area contributed by atoms with Crippen molar-refractivity contribution in [2.24, 2.45) is 0 Å². The normalized spacial score (nSPS) is 9.76. The Morgan fingerprint density at radius 2 is 1.62 bits per heavy atom. The highest BCUT2D eigenvalue weighted by Crippen LogP contribution is 2.21. The fourth-order valence-electron chi connectivity index (χ4n) is 1.45. The number of carbonyl (C=O) groups excluding carboxylic acids is 1. The Labute approximate surface area is 151 Å². The van der Waals surface area contributed by atoms with E-state index in [9.17, 15) is 4.79 Å². The summed E-state index contributed by atoms with van der Waals surface area (Å²) in [7, 11) is 1.92. The Balaban J connectivity index is 0.000000211. The maximum atomic E-state index is 10.3.